The lowest BCUT2D eigenvalue weighted by molar-refractivity contribution is 0.100. The Labute approximate surface area is 182 Å². The van der Waals surface area contributed by atoms with Gasteiger partial charge in [0.1, 0.15) is 10.8 Å². The molecule has 1 aromatic heterocycles. The number of ether oxygens (including phenoxy) is 1. The normalized spacial score (nSPS) is 10.6. The van der Waals surface area contributed by atoms with Gasteiger partial charge in [-0.2, -0.15) is 0 Å². The molecule has 0 radical (unpaired) electrons. The van der Waals surface area contributed by atoms with Crippen LogP contribution in [-0.4, -0.2) is 18.4 Å². The second-order valence-corrected chi connectivity index (χ2v) is 8.43. The first-order chi connectivity index (χ1) is 13.9. The Balaban J connectivity index is 1.94. The summed E-state index contributed by atoms with van der Waals surface area (Å²) in [6, 6.07) is 15.2. The van der Waals surface area contributed by atoms with Gasteiger partial charge in [0, 0.05) is 15.8 Å². The van der Waals surface area contributed by atoms with Crippen molar-refractivity contribution in [2.24, 2.45) is 5.73 Å². The lowest BCUT2D eigenvalue weighted by Gasteiger charge is -2.11. The molecule has 0 aliphatic carbocycles. The van der Waals surface area contributed by atoms with Gasteiger partial charge in [-0.15, -0.1) is 11.3 Å². The molecular weight excluding hydrogens is 452 g/mol. The molecule has 0 fully saturated rings. The maximum absolute atomic E-state index is 13.0. The fraction of sp³-hybridized carbons (Fsp3) is 0.182. The number of carbonyl (C=O) groups excluding carboxylic acids is 2. The third-order valence-electron chi connectivity index (χ3n) is 4.41. The van der Waals surface area contributed by atoms with Crippen LogP contribution < -0.4 is 15.8 Å². The van der Waals surface area contributed by atoms with Crippen molar-refractivity contribution in [1.29, 1.82) is 0 Å². The van der Waals surface area contributed by atoms with E-state index in [-0.39, 0.29) is 5.91 Å². The molecule has 2 aromatic carbocycles. The molecule has 3 aromatic rings. The van der Waals surface area contributed by atoms with Crippen molar-refractivity contribution in [2.75, 3.05) is 11.9 Å². The van der Waals surface area contributed by atoms with Crippen LogP contribution in [0.2, 0.25) is 0 Å². The highest BCUT2D eigenvalue weighted by atomic mass is 79.9. The molecule has 0 unspecified atom stereocenters. The number of carbonyl (C=O) groups is 2. The van der Waals surface area contributed by atoms with Crippen molar-refractivity contribution < 1.29 is 14.3 Å². The molecule has 150 valence electrons. The monoisotopic (exact) mass is 472 g/mol. The fourth-order valence-electron chi connectivity index (χ4n) is 3.03. The number of rotatable bonds is 7. The van der Waals surface area contributed by atoms with Gasteiger partial charge in [-0.05, 0) is 43.2 Å². The number of nitrogens with one attached hydrogen (secondary N) is 1. The minimum atomic E-state index is -0.562. The molecular formula is C22H21BrN2O3S. The van der Waals surface area contributed by atoms with Gasteiger partial charge in [-0.1, -0.05) is 46.3 Å². The van der Waals surface area contributed by atoms with Crippen LogP contribution in [0.1, 0.15) is 43.6 Å². The average Bonchev–Trinajstić information content (AvgIpc) is 2.99. The highest BCUT2D eigenvalue weighted by Gasteiger charge is 2.22. The number of hydrogen-bond donors (Lipinski definition) is 2. The van der Waals surface area contributed by atoms with Crippen LogP contribution in [0.3, 0.4) is 0 Å². The maximum Gasteiger partial charge on any atom is 0.260 e. The molecule has 0 atom stereocenters. The summed E-state index contributed by atoms with van der Waals surface area (Å²) in [6.07, 6.45) is 0.661. The van der Waals surface area contributed by atoms with Crippen molar-refractivity contribution in [3.63, 3.8) is 0 Å². The average molecular weight is 473 g/mol. The Hall–Kier alpha value is -2.64. The maximum atomic E-state index is 13.0. The first kappa shape index (κ1) is 21.1. The number of amides is 2. The van der Waals surface area contributed by atoms with Crippen LogP contribution in [0, 0.1) is 6.92 Å². The Morgan fingerprint density at radius 1 is 1.17 bits per heavy atom. The number of primary amides is 1. The van der Waals surface area contributed by atoms with Gasteiger partial charge in [0.2, 0.25) is 0 Å². The van der Waals surface area contributed by atoms with Crippen LogP contribution in [0.4, 0.5) is 5.00 Å². The largest absolute Gasteiger partial charge is 0.493 e. The van der Waals surface area contributed by atoms with E-state index in [4.69, 9.17) is 10.5 Å². The van der Waals surface area contributed by atoms with Gasteiger partial charge in [0.25, 0.3) is 11.8 Å². The van der Waals surface area contributed by atoms with Crippen LogP contribution in [0.25, 0.3) is 0 Å². The second-order valence-electron chi connectivity index (χ2n) is 6.41. The topological polar surface area (TPSA) is 81.4 Å². The summed E-state index contributed by atoms with van der Waals surface area (Å²) in [6.45, 7) is 4.15. The quantitative estimate of drug-likeness (QED) is 0.498. The Morgan fingerprint density at radius 3 is 2.55 bits per heavy atom. The van der Waals surface area contributed by atoms with E-state index in [0.29, 0.717) is 34.9 Å². The van der Waals surface area contributed by atoms with E-state index in [1.54, 1.807) is 12.1 Å². The molecule has 2 amide bonds. The van der Waals surface area contributed by atoms with Crippen molar-refractivity contribution in [3.05, 3.63) is 80.1 Å². The van der Waals surface area contributed by atoms with Gasteiger partial charge in [-0.3, -0.25) is 9.59 Å². The van der Waals surface area contributed by atoms with Crippen molar-refractivity contribution in [1.82, 2.24) is 0 Å². The van der Waals surface area contributed by atoms with Crippen molar-refractivity contribution in [2.45, 2.75) is 20.3 Å². The first-order valence-corrected chi connectivity index (χ1v) is 10.7. The van der Waals surface area contributed by atoms with E-state index in [2.05, 4.69) is 21.2 Å². The Morgan fingerprint density at radius 2 is 1.90 bits per heavy atom. The summed E-state index contributed by atoms with van der Waals surface area (Å²) in [5.41, 5.74) is 8.27. The SMILES string of the molecule is CCOc1ccc(Br)cc1C(=O)Nc1sc(Cc2ccccc2)c(C)c1C(N)=O. The number of halogens is 1. The minimum Gasteiger partial charge on any atom is -0.493 e. The van der Waals surface area contributed by atoms with E-state index in [1.165, 1.54) is 11.3 Å². The summed E-state index contributed by atoms with van der Waals surface area (Å²) < 4.78 is 6.32. The van der Waals surface area contributed by atoms with Crippen LogP contribution in [-0.2, 0) is 6.42 Å². The summed E-state index contributed by atoms with van der Waals surface area (Å²) >= 11 is 4.75. The zero-order valence-electron chi connectivity index (χ0n) is 16.1. The van der Waals surface area contributed by atoms with Gasteiger partial charge >= 0.3 is 0 Å². The molecule has 0 bridgehead atoms. The number of thiophene rings is 1. The third kappa shape index (κ3) is 4.86. The Bertz CT molecular complexity index is 1050. The molecule has 3 rings (SSSR count). The number of benzene rings is 2. The molecule has 7 heteroatoms. The van der Waals surface area contributed by atoms with Crippen LogP contribution in [0.15, 0.2) is 53.0 Å². The van der Waals surface area contributed by atoms with E-state index >= 15 is 0 Å². The minimum absolute atomic E-state index is 0.349. The highest BCUT2D eigenvalue weighted by Crippen LogP contribution is 2.35. The van der Waals surface area contributed by atoms with E-state index in [0.717, 1.165) is 20.5 Å². The summed E-state index contributed by atoms with van der Waals surface area (Å²) in [4.78, 5) is 26.0. The molecule has 5 nitrogen and oxygen atoms in total. The van der Waals surface area contributed by atoms with Gasteiger partial charge in [-0.25, -0.2) is 0 Å². The lowest BCUT2D eigenvalue weighted by Crippen LogP contribution is -2.18. The second kappa shape index (κ2) is 9.24. The van der Waals surface area contributed by atoms with E-state index < -0.39 is 5.91 Å². The zero-order chi connectivity index (χ0) is 21.0. The smallest absolute Gasteiger partial charge is 0.260 e. The van der Waals surface area contributed by atoms with E-state index in [1.807, 2.05) is 50.2 Å². The zero-order valence-corrected chi connectivity index (χ0v) is 18.5. The third-order valence-corrected chi connectivity index (χ3v) is 6.11. The van der Waals surface area contributed by atoms with Crippen molar-refractivity contribution >= 4 is 44.1 Å². The Kier molecular flexibility index (Phi) is 6.71. The molecule has 29 heavy (non-hydrogen) atoms. The summed E-state index contributed by atoms with van der Waals surface area (Å²) in [5, 5.41) is 3.31. The van der Waals surface area contributed by atoms with Gasteiger partial charge in [0.05, 0.1) is 17.7 Å². The molecule has 0 spiro atoms. The first-order valence-electron chi connectivity index (χ1n) is 9.10. The molecule has 0 aliphatic rings. The standard InChI is InChI=1S/C22H21BrN2O3S/c1-3-28-17-10-9-15(23)12-16(17)21(27)25-22-19(20(24)26)13(2)18(29-22)11-14-7-5-4-6-8-14/h4-10,12H,3,11H2,1-2H3,(H2,24,26)(H,25,27). The number of hydrogen-bond acceptors (Lipinski definition) is 4. The predicted octanol–water partition coefficient (Wildman–Crippen LogP) is 5.16. The molecule has 0 saturated carbocycles. The van der Waals surface area contributed by atoms with Gasteiger partial charge in [0.15, 0.2) is 0 Å². The van der Waals surface area contributed by atoms with Gasteiger partial charge < -0.3 is 15.8 Å². The number of nitrogens with two attached hydrogens (primary N) is 1. The highest BCUT2D eigenvalue weighted by molar-refractivity contribution is 9.10. The van der Waals surface area contributed by atoms with Crippen LogP contribution in [0.5, 0.6) is 5.75 Å². The molecule has 0 aliphatic heterocycles. The predicted molar refractivity (Wildman–Crippen MR) is 120 cm³/mol. The number of anilines is 1. The van der Waals surface area contributed by atoms with E-state index in [9.17, 15) is 9.59 Å². The van der Waals surface area contributed by atoms with Crippen molar-refractivity contribution in [3.8, 4) is 5.75 Å². The molecule has 3 N–H and O–H groups in total. The lowest BCUT2D eigenvalue weighted by atomic mass is 10.1. The summed E-state index contributed by atoms with van der Waals surface area (Å²) in [7, 11) is 0. The molecule has 0 saturated heterocycles. The molecule has 1 heterocycles. The van der Waals surface area contributed by atoms with Crippen LogP contribution >= 0.6 is 27.3 Å². The summed E-state index contributed by atoms with van der Waals surface area (Å²) in [5.74, 6) is -0.441. The fourth-order valence-corrected chi connectivity index (χ4v) is 4.63.